The van der Waals surface area contributed by atoms with Crippen LogP contribution >= 0.6 is 23.2 Å². The number of carbonyl (C=O) groups is 1. The molecule has 1 aliphatic rings. The van der Waals surface area contributed by atoms with Crippen molar-refractivity contribution < 1.29 is 19.4 Å². The highest BCUT2D eigenvalue weighted by atomic mass is 35.5. The van der Waals surface area contributed by atoms with E-state index >= 15 is 0 Å². The molecule has 2 aromatic rings. The topological polar surface area (TPSA) is 71.0 Å². The number of nitrogens with zero attached hydrogens (tertiary/aromatic N) is 1. The molecule has 2 N–H and O–H groups in total. The summed E-state index contributed by atoms with van der Waals surface area (Å²) in [5, 5.41) is 14.6. The van der Waals surface area contributed by atoms with Crippen LogP contribution in [0.15, 0.2) is 30.3 Å². The maximum absolute atomic E-state index is 12.7. The Bertz CT molecular complexity index is 938. The van der Waals surface area contributed by atoms with Gasteiger partial charge in [-0.05, 0) is 55.4 Å². The number of likely N-dealkylation sites (N-methyl/N-ethyl adjacent to an activating group) is 1. The molecule has 0 heterocycles. The molecular weight excluding hydrogens is 427 g/mol. The molecule has 30 heavy (non-hydrogen) atoms. The van der Waals surface area contributed by atoms with Crippen molar-refractivity contribution in [3.63, 3.8) is 0 Å². The molecule has 0 saturated heterocycles. The number of aliphatic hydroxyl groups is 1. The van der Waals surface area contributed by atoms with E-state index in [0.717, 1.165) is 16.7 Å². The van der Waals surface area contributed by atoms with Crippen molar-refractivity contribution >= 4 is 29.1 Å². The van der Waals surface area contributed by atoms with Gasteiger partial charge in [0.1, 0.15) is 11.5 Å². The van der Waals surface area contributed by atoms with Gasteiger partial charge in [-0.1, -0.05) is 23.2 Å². The van der Waals surface area contributed by atoms with Gasteiger partial charge in [0.2, 0.25) is 5.91 Å². The molecule has 3 atom stereocenters. The van der Waals surface area contributed by atoms with Crippen LogP contribution in [0.2, 0.25) is 10.0 Å². The number of hydrogen-bond donors (Lipinski definition) is 2. The maximum Gasteiger partial charge on any atom is 0.234 e. The van der Waals surface area contributed by atoms with Gasteiger partial charge in [-0.3, -0.25) is 9.69 Å². The van der Waals surface area contributed by atoms with Crippen molar-refractivity contribution in [2.75, 3.05) is 27.8 Å². The predicted molar refractivity (Wildman–Crippen MR) is 118 cm³/mol. The van der Waals surface area contributed by atoms with E-state index in [1.165, 1.54) is 0 Å². The van der Waals surface area contributed by atoms with Gasteiger partial charge in [0.25, 0.3) is 0 Å². The van der Waals surface area contributed by atoms with Gasteiger partial charge in [-0.2, -0.15) is 0 Å². The molecule has 0 aliphatic heterocycles. The Balaban J connectivity index is 1.72. The highest BCUT2D eigenvalue weighted by molar-refractivity contribution is 6.35. The van der Waals surface area contributed by atoms with Crippen LogP contribution in [0.1, 0.15) is 35.7 Å². The monoisotopic (exact) mass is 452 g/mol. The lowest BCUT2D eigenvalue weighted by molar-refractivity contribution is -0.123. The summed E-state index contributed by atoms with van der Waals surface area (Å²) in [6, 6.07) is 8.29. The SMILES string of the molecule is COc1ccc(OC)c(C(C)NC(=O)CN(C)C2c3cc(Cl)cc(Cl)c3CC2O)c1. The molecular formula is C22H26Cl2N2O4. The van der Waals surface area contributed by atoms with Crippen molar-refractivity contribution in [1.29, 1.82) is 0 Å². The summed E-state index contributed by atoms with van der Waals surface area (Å²) < 4.78 is 10.7. The van der Waals surface area contributed by atoms with Gasteiger partial charge in [0, 0.05) is 22.0 Å². The van der Waals surface area contributed by atoms with E-state index < -0.39 is 6.10 Å². The summed E-state index contributed by atoms with van der Waals surface area (Å²) in [7, 11) is 4.98. The average Bonchev–Trinajstić information content (AvgIpc) is 3.03. The number of ether oxygens (including phenoxy) is 2. The number of halogens is 2. The van der Waals surface area contributed by atoms with E-state index in [1.807, 2.05) is 30.0 Å². The third-order valence-electron chi connectivity index (χ3n) is 5.44. The van der Waals surface area contributed by atoms with E-state index in [0.29, 0.717) is 28.0 Å². The zero-order valence-electron chi connectivity index (χ0n) is 17.4. The van der Waals surface area contributed by atoms with Crippen LogP contribution < -0.4 is 14.8 Å². The molecule has 2 aromatic carbocycles. The number of fused-ring (bicyclic) bond motifs is 1. The molecule has 0 aromatic heterocycles. The number of rotatable bonds is 7. The van der Waals surface area contributed by atoms with Gasteiger partial charge in [0.05, 0.1) is 39.0 Å². The van der Waals surface area contributed by atoms with Gasteiger partial charge in [-0.15, -0.1) is 0 Å². The fourth-order valence-corrected chi connectivity index (χ4v) is 4.62. The highest BCUT2D eigenvalue weighted by Gasteiger charge is 2.36. The second-order valence-corrected chi connectivity index (χ2v) is 8.33. The molecule has 3 unspecified atom stereocenters. The minimum atomic E-state index is -0.662. The summed E-state index contributed by atoms with van der Waals surface area (Å²) >= 11 is 12.4. The Hall–Kier alpha value is -1.99. The van der Waals surface area contributed by atoms with Gasteiger partial charge in [0.15, 0.2) is 0 Å². The van der Waals surface area contributed by atoms with Gasteiger partial charge in [-0.25, -0.2) is 0 Å². The van der Waals surface area contributed by atoms with E-state index in [4.69, 9.17) is 32.7 Å². The molecule has 6 nitrogen and oxygen atoms in total. The molecule has 0 radical (unpaired) electrons. The molecule has 0 bridgehead atoms. The number of methoxy groups -OCH3 is 2. The van der Waals surface area contributed by atoms with Crippen LogP contribution in [-0.2, 0) is 11.2 Å². The largest absolute Gasteiger partial charge is 0.497 e. The number of amides is 1. The smallest absolute Gasteiger partial charge is 0.234 e. The first-order valence-electron chi connectivity index (χ1n) is 9.62. The first kappa shape index (κ1) is 22.7. The Labute approximate surface area is 186 Å². The van der Waals surface area contributed by atoms with Crippen LogP contribution in [0, 0.1) is 0 Å². The second kappa shape index (κ2) is 9.43. The Morgan fingerprint density at radius 1 is 1.27 bits per heavy atom. The fraction of sp³-hybridized carbons (Fsp3) is 0.409. The third kappa shape index (κ3) is 4.67. The number of hydrogen-bond acceptors (Lipinski definition) is 5. The molecule has 3 rings (SSSR count). The molecule has 1 aliphatic carbocycles. The molecule has 162 valence electrons. The summed E-state index contributed by atoms with van der Waals surface area (Å²) in [4.78, 5) is 14.6. The minimum absolute atomic E-state index is 0.0991. The summed E-state index contributed by atoms with van der Waals surface area (Å²) in [5.74, 6) is 1.17. The van der Waals surface area contributed by atoms with Crippen molar-refractivity contribution in [3.05, 3.63) is 57.1 Å². The quantitative estimate of drug-likeness (QED) is 0.668. The zero-order chi connectivity index (χ0) is 22.0. The minimum Gasteiger partial charge on any atom is -0.497 e. The van der Waals surface area contributed by atoms with Crippen LogP contribution in [0.5, 0.6) is 11.5 Å². The summed E-state index contributed by atoms with van der Waals surface area (Å²) in [6.07, 6.45) is -0.232. The van der Waals surface area contributed by atoms with Crippen molar-refractivity contribution in [2.45, 2.75) is 31.5 Å². The van der Waals surface area contributed by atoms with Crippen LogP contribution in [0.25, 0.3) is 0 Å². The summed E-state index contributed by atoms with van der Waals surface area (Å²) in [5.41, 5.74) is 2.55. The van der Waals surface area contributed by atoms with Crippen molar-refractivity contribution in [1.82, 2.24) is 10.2 Å². The first-order chi connectivity index (χ1) is 14.2. The molecule has 0 fully saturated rings. The van der Waals surface area contributed by atoms with E-state index in [1.54, 1.807) is 33.4 Å². The third-order valence-corrected chi connectivity index (χ3v) is 6.00. The highest BCUT2D eigenvalue weighted by Crippen LogP contribution is 2.40. The lowest BCUT2D eigenvalue weighted by Crippen LogP contribution is -2.40. The van der Waals surface area contributed by atoms with Crippen LogP contribution in [-0.4, -0.2) is 49.8 Å². The van der Waals surface area contributed by atoms with Gasteiger partial charge < -0.3 is 19.9 Å². The number of benzene rings is 2. The Morgan fingerprint density at radius 2 is 2.00 bits per heavy atom. The van der Waals surface area contributed by atoms with Crippen molar-refractivity contribution in [2.24, 2.45) is 0 Å². The standard InChI is InChI=1S/C22H26Cl2N2O4/c1-12(15-9-14(29-3)5-6-20(15)30-4)25-21(28)11-26(2)22-17-7-13(23)8-18(24)16(17)10-19(22)27/h5-9,12,19,22,27H,10-11H2,1-4H3,(H,25,28). The fourth-order valence-electron chi connectivity index (χ4n) is 4.03. The lowest BCUT2D eigenvalue weighted by atomic mass is 10.1. The number of aliphatic hydroxyl groups excluding tert-OH is 1. The average molecular weight is 453 g/mol. The first-order valence-corrected chi connectivity index (χ1v) is 10.4. The maximum atomic E-state index is 12.7. The Morgan fingerprint density at radius 3 is 2.67 bits per heavy atom. The predicted octanol–water partition coefficient (Wildman–Crippen LogP) is 3.78. The number of nitrogens with one attached hydrogen (secondary N) is 1. The molecule has 8 heteroatoms. The Kier molecular flexibility index (Phi) is 7.14. The van der Waals surface area contributed by atoms with Crippen LogP contribution in [0.3, 0.4) is 0 Å². The van der Waals surface area contributed by atoms with Gasteiger partial charge >= 0.3 is 0 Å². The molecule has 0 spiro atoms. The van der Waals surface area contributed by atoms with E-state index in [9.17, 15) is 9.90 Å². The van der Waals surface area contributed by atoms with Crippen LogP contribution in [0.4, 0.5) is 0 Å². The molecule has 1 amide bonds. The normalized spacial score (nSPS) is 18.8. The molecule has 0 saturated carbocycles. The lowest BCUT2D eigenvalue weighted by Gasteiger charge is -2.28. The second-order valence-electron chi connectivity index (χ2n) is 7.48. The van der Waals surface area contributed by atoms with E-state index in [-0.39, 0.29) is 24.5 Å². The van der Waals surface area contributed by atoms with E-state index in [2.05, 4.69) is 5.32 Å². The number of carbonyl (C=O) groups excluding carboxylic acids is 1. The zero-order valence-corrected chi connectivity index (χ0v) is 18.9. The summed E-state index contributed by atoms with van der Waals surface area (Å²) in [6.45, 7) is 1.98. The van der Waals surface area contributed by atoms with Crippen molar-refractivity contribution in [3.8, 4) is 11.5 Å².